The minimum atomic E-state index is 0.196. The Morgan fingerprint density at radius 1 is 1.36 bits per heavy atom. The predicted molar refractivity (Wildman–Crippen MR) is 55.8 cm³/mol. The molecule has 1 atom stereocenters. The molecule has 0 bridgehead atoms. The molecule has 1 saturated carbocycles. The molecule has 0 aromatic heterocycles. The van der Waals surface area contributed by atoms with Gasteiger partial charge in [0.25, 0.3) is 0 Å². The van der Waals surface area contributed by atoms with Gasteiger partial charge in [-0.2, -0.15) is 5.26 Å². The van der Waals surface area contributed by atoms with E-state index < -0.39 is 0 Å². The molecule has 2 fully saturated rings. The van der Waals surface area contributed by atoms with Crippen LogP contribution in [-0.4, -0.2) is 37.1 Å². The van der Waals surface area contributed by atoms with Gasteiger partial charge in [0, 0.05) is 19.1 Å². The summed E-state index contributed by atoms with van der Waals surface area (Å²) in [6.45, 7) is 2.12. The van der Waals surface area contributed by atoms with Gasteiger partial charge in [0.05, 0.1) is 6.07 Å². The van der Waals surface area contributed by atoms with E-state index in [2.05, 4.69) is 16.3 Å². The van der Waals surface area contributed by atoms with Gasteiger partial charge in [-0.05, 0) is 25.8 Å². The first-order chi connectivity index (χ1) is 6.85. The van der Waals surface area contributed by atoms with Crippen molar-refractivity contribution in [3.63, 3.8) is 0 Å². The summed E-state index contributed by atoms with van der Waals surface area (Å²) in [6, 6.07) is 3.30. The first-order valence-corrected chi connectivity index (χ1v) is 5.66. The molecule has 2 rings (SSSR count). The topological polar surface area (TPSA) is 39.1 Å². The van der Waals surface area contributed by atoms with E-state index >= 15 is 0 Å². The number of nitrogens with one attached hydrogen (secondary N) is 1. The van der Waals surface area contributed by atoms with Gasteiger partial charge in [0.1, 0.15) is 6.04 Å². The Kier molecular flexibility index (Phi) is 3.05. The summed E-state index contributed by atoms with van der Waals surface area (Å²) in [6.07, 6.45) is 5.18. The van der Waals surface area contributed by atoms with E-state index in [4.69, 9.17) is 5.26 Å². The lowest BCUT2D eigenvalue weighted by atomic mass is 9.94. The Balaban J connectivity index is 1.85. The minimum absolute atomic E-state index is 0.196. The molecule has 1 heterocycles. The summed E-state index contributed by atoms with van der Waals surface area (Å²) in [5.41, 5.74) is 0. The highest BCUT2D eigenvalue weighted by atomic mass is 15.3. The second kappa shape index (κ2) is 4.29. The van der Waals surface area contributed by atoms with Crippen molar-refractivity contribution in [2.24, 2.45) is 5.92 Å². The molecule has 0 amide bonds. The van der Waals surface area contributed by atoms with E-state index in [1.807, 2.05) is 7.05 Å². The van der Waals surface area contributed by atoms with Crippen LogP contribution in [0.4, 0.5) is 0 Å². The molecular formula is C11H19N3. The molecule has 3 heteroatoms. The largest absolute Gasteiger partial charge is 0.315 e. The molecule has 1 saturated heterocycles. The lowest BCUT2D eigenvalue weighted by Crippen LogP contribution is -2.61. The number of nitrogens with zero attached hydrogens (tertiary/aromatic N) is 2. The van der Waals surface area contributed by atoms with Crippen LogP contribution in [-0.2, 0) is 0 Å². The fraction of sp³-hybridized carbons (Fsp3) is 0.909. The normalized spacial score (nSPS) is 27.1. The van der Waals surface area contributed by atoms with Crippen LogP contribution >= 0.6 is 0 Å². The van der Waals surface area contributed by atoms with Crippen LogP contribution in [0, 0.1) is 17.2 Å². The molecule has 0 aromatic carbocycles. The molecule has 3 nitrogen and oxygen atoms in total. The quantitative estimate of drug-likeness (QED) is 0.726. The highest BCUT2D eigenvalue weighted by Crippen LogP contribution is 2.31. The van der Waals surface area contributed by atoms with Crippen molar-refractivity contribution < 1.29 is 0 Å². The number of hydrogen-bond acceptors (Lipinski definition) is 3. The molecule has 14 heavy (non-hydrogen) atoms. The molecule has 0 unspecified atom stereocenters. The maximum Gasteiger partial charge on any atom is 0.101 e. The predicted octanol–water partition coefficient (Wildman–Crippen LogP) is 0.972. The van der Waals surface area contributed by atoms with Crippen molar-refractivity contribution in [2.75, 3.05) is 20.1 Å². The van der Waals surface area contributed by atoms with Crippen LogP contribution in [0.1, 0.15) is 25.7 Å². The van der Waals surface area contributed by atoms with Crippen LogP contribution in [0.2, 0.25) is 0 Å². The van der Waals surface area contributed by atoms with E-state index in [9.17, 15) is 0 Å². The Morgan fingerprint density at radius 3 is 2.50 bits per heavy atom. The van der Waals surface area contributed by atoms with Crippen LogP contribution in [0.15, 0.2) is 0 Å². The van der Waals surface area contributed by atoms with Crippen LogP contribution < -0.4 is 5.32 Å². The standard InChI is InChI=1S/C11H19N3/c1-13-10-7-14(8-10)11(6-12)9-4-2-3-5-9/h9-11,13H,2-5,7-8H2,1H3/t11-/m0/s1. The molecule has 1 N–H and O–H groups in total. The van der Waals surface area contributed by atoms with Gasteiger partial charge in [0.15, 0.2) is 0 Å². The van der Waals surface area contributed by atoms with E-state index in [0.29, 0.717) is 12.0 Å². The third-order valence-corrected chi connectivity index (χ3v) is 3.69. The molecule has 1 aliphatic heterocycles. The highest BCUT2D eigenvalue weighted by molar-refractivity contribution is 5.03. The number of nitriles is 1. The van der Waals surface area contributed by atoms with Gasteiger partial charge >= 0.3 is 0 Å². The van der Waals surface area contributed by atoms with Crippen molar-refractivity contribution in [1.82, 2.24) is 10.2 Å². The molecule has 0 aromatic rings. The summed E-state index contributed by atoms with van der Waals surface area (Å²) >= 11 is 0. The van der Waals surface area contributed by atoms with Gasteiger partial charge < -0.3 is 5.32 Å². The lowest BCUT2D eigenvalue weighted by Gasteiger charge is -2.43. The van der Waals surface area contributed by atoms with Gasteiger partial charge in [0.2, 0.25) is 0 Å². The van der Waals surface area contributed by atoms with E-state index in [0.717, 1.165) is 13.1 Å². The second-order valence-corrected chi connectivity index (χ2v) is 4.56. The SMILES string of the molecule is CNC1CN([C@@H](C#N)C2CCCC2)C1. The molecule has 2 aliphatic rings. The summed E-state index contributed by atoms with van der Waals surface area (Å²) in [5.74, 6) is 0.651. The monoisotopic (exact) mass is 193 g/mol. The van der Waals surface area contributed by atoms with Crippen molar-refractivity contribution in [2.45, 2.75) is 37.8 Å². The second-order valence-electron chi connectivity index (χ2n) is 4.56. The van der Waals surface area contributed by atoms with Crippen molar-refractivity contribution in [3.8, 4) is 6.07 Å². The Bertz CT molecular complexity index is 221. The number of likely N-dealkylation sites (N-methyl/N-ethyl adjacent to an activating group) is 1. The fourth-order valence-electron chi connectivity index (χ4n) is 2.68. The smallest absolute Gasteiger partial charge is 0.101 e. The number of hydrogen-bond donors (Lipinski definition) is 1. The van der Waals surface area contributed by atoms with E-state index in [1.54, 1.807) is 0 Å². The van der Waals surface area contributed by atoms with Crippen LogP contribution in [0.25, 0.3) is 0 Å². The summed E-state index contributed by atoms with van der Waals surface area (Å²) in [5, 5.41) is 12.4. The molecule has 1 aliphatic carbocycles. The van der Waals surface area contributed by atoms with Crippen molar-refractivity contribution in [3.05, 3.63) is 0 Å². The van der Waals surface area contributed by atoms with Gasteiger partial charge in [-0.25, -0.2) is 0 Å². The molecule has 0 radical (unpaired) electrons. The van der Waals surface area contributed by atoms with Crippen LogP contribution in [0.5, 0.6) is 0 Å². The Labute approximate surface area is 86.1 Å². The summed E-state index contributed by atoms with van der Waals surface area (Å²) in [4.78, 5) is 2.33. The van der Waals surface area contributed by atoms with Crippen molar-refractivity contribution >= 4 is 0 Å². The highest BCUT2D eigenvalue weighted by Gasteiger charge is 2.36. The number of rotatable bonds is 3. The average Bonchev–Trinajstić information content (AvgIpc) is 2.62. The van der Waals surface area contributed by atoms with E-state index in [-0.39, 0.29) is 6.04 Å². The first-order valence-electron chi connectivity index (χ1n) is 5.66. The zero-order chi connectivity index (χ0) is 9.97. The molecule has 0 spiro atoms. The zero-order valence-electron chi connectivity index (χ0n) is 8.87. The first kappa shape index (κ1) is 9.95. The third-order valence-electron chi connectivity index (χ3n) is 3.69. The van der Waals surface area contributed by atoms with Gasteiger partial charge in [-0.1, -0.05) is 12.8 Å². The molecular weight excluding hydrogens is 174 g/mol. The maximum absolute atomic E-state index is 9.17. The Morgan fingerprint density at radius 2 is 2.00 bits per heavy atom. The average molecular weight is 193 g/mol. The summed E-state index contributed by atoms with van der Waals surface area (Å²) < 4.78 is 0. The maximum atomic E-state index is 9.17. The number of likely N-dealkylation sites (tertiary alicyclic amines) is 1. The van der Waals surface area contributed by atoms with Gasteiger partial charge in [-0.15, -0.1) is 0 Å². The summed E-state index contributed by atoms with van der Waals surface area (Å²) in [7, 11) is 2.00. The third kappa shape index (κ3) is 1.77. The Hall–Kier alpha value is -0.590. The lowest BCUT2D eigenvalue weighted by molar-refractivity contribution is 0.0766. The van der Waals surface area contributed by atoms with E-state index in [1.165, 1.54) is 25.7 Å². The zero-order valence-corrected chi connectivity index (χ0v) is 8.87. The minimum Gasteiger partial charge on any atom is -0.315 e. The van der Waals surface area contributed by atoms with Gasteiger partial charge in [-0.3, -0.25) is 4.90 Å². The van der Waals surface area contributed by atoms with Crippen molar-refractivity contribution in [1.29, 1.82) is 5.26 Å². The van der Waals surface area contributed by atoms with Crippen LogP contribution in [0.3, 0.4) is 0 Å². The molecule has 78 valence electrons. The fourth-order valence-corrected chi connectivity index (χ4v) is 2.68.